The van der Waals surface area contributed by atoms with Crippen LogP contribution in [0.1, 0.15) is 39.2 Å². The maximum Gasteiger partial charge on any atom is 0.193 e. The molecule has 0 spiro atoms. The zero-order valence-corrected chi connectivity index (χ0v) is 15.2. The predicted molar refractivity (Wildman–Crippen MR) is 97.4 cm³/mol. The van der Waals surface area contributed by atoms with Gasteiger partial charge in [-0.1, -0.05) is 32.9 Å². The monoisotopic (exact) mass is 317 g/mol. The highest BCUT2D eigenvalue weighted by molar-refractivity contribution is 5.80. The summed E-state index contributed by atoms with van der Waals surface area (Å²) in [7, 11) is 3.58. The van der Waals surface area contributed by atoms with Crippen LogP contribution in [0.5, 0.6) is 5.75 Å². The summed E-state index contributed by atoms with van der Waals surface area (Å²) >= 11 is 0. The Morgan fingerprint density at radius 2 is 2.04 bits per heavy atom. The first-order valence-electron chi connectivity index (χ1n) is 8.56. The largest absolute Gasteiger partial charge is 0.497 e. The third-order valence-electron chi connectivity index (χ3n) is 4.73. The van der Waals surface area contributed by atoms with Gasteiger partial charge < -0.3 is 15.0 Å². The third kappa shape index (κ3) is 4.63. The Morgan fingerprint density at radius 3 is 2.61 bits per heavy atom. The zero-order chi connectivity index (χ0) is 16.9. The second-order valence-electron chi connectivity index (χ2n) is 7.21. The van der Waals surface area contributed by atoms with Gasteiger partial charge in [0.15, 0.2) is 5.96 Å². The molecule has 4 nitrogen and oxygen atoms in total. The topological polar surface area (TPSA) is 36.9 Å². The Kier molecular flexibility index (Phi) is 5.91. The van der Waals surface area contributed by atoms with Crippen molar-refractivity contribution in [2.45, 2.75) is 39.0 Å². The fourth-order valence-corrected chi connectivity index (χ4v) is 3.16. The molecule has 1 N–H and O–H groups in total. The maximum absolute atomic E-state index is 5.25. The van der Waals surface area contributed by atoms with Crippen LogP contribution in [0.3, 0.4) is 0 Å². The molecule has 0 radical (unpaired) electrons. The second-order valence-corrected chi connectivity index (χ2v) is 7.21. The lowest BCUT2D eigenvalue weighted by atomic mass is 9.84. The molecule has 1 fully saturated rings. The van der Waals surface area contributed by atoms with Gasteiger partial charge in [0, 0.05) is 32.1 Å². The van der Waals surface area contributed by atoms with Gasteiger partial charge in [-0.15, -0.1) is 0 Å². The molecule has 0 bridgehead atoms. The summed E-state index contributed by atoms with van der Waals surface area (Å²) in [4.78, 5) is 6.87. The van der Waals surface area contributed by atoms with E-state index in [2.05, 4.69) is 48.1 Å². The average Bonchev–Trinajstić information content (AvgIpc) is 2.55. The lowest BCUT2D eigenvalue weighted by Gasteiger charge is -2.35. The van der Waals surface area contributed by atoms with Crippen LogP contribution in [0.4, 0.5) is 0 Å². The van der Waals surface area contributed by atoms with Crippen molar-refractivity contribution in [2.24, 2.45) is 10.9 Å². The van der Waals surface area contributed by atoms with E-state index in [1.807, 2.05) is 19.2 Å². The zero-order valence-electron chi connectivity index (χ0n) is 15.2. The summed E-state index contributed by atoms with van der Waals surface area (Å²) in [5.41, 5.74) is 1.33. The van der Waals surface area contributed by atoms with Gasteiger partial charge in [0.25, 0.3) is 0 Å². The van der Waals surface area contributed by atoms with Crippen molar-refractivity contribution < 1.29 is 4.74 Å². The van der Waals surface area contributed by atoms with E-state index >= 15 is 0 Å². The number of aliphatic imine (C=N–C) groups is 1. The number of methoxy groups -OCH3 is 1. The molecule has 1 aliphatic rings. The van der Waals surface area contributed by atoms with Gasteiger partial charge in [-0.25, -0.2) is 0 Å². The molecule has 1 aliphatic heterocycles. The molecule has 4 heteroatoms. The Balaban J connectivity index is 1.98. The summed E-state index contributed by atoms with van der Waals surface area (Å²) in [5.74, 6) is 2.67. The van der Waals surface area contributed by atoms with Crippen LogP contribution in [0.15, 0.2) is 29.3 Å². The number of guanidine groups is 1. The van der Waals surface area contributed by atoms with Crippen LogP contribution in [-0.2, 0) is 5.41 Å². The van der Waals surface area contributed by atoms with Gasteiger partial charge in [-0.2, -0.15) is 0 Å². The summed E-state index contributed by atoms with van der Waals surface area (Å²) in [6.07, 6.45) is 2.58. The fourth-order valence-electron chi connectivity index (χ4n) is 3.16. The number of nitrogens with zero attached hydrogens (tertiary/aromatic N) is 2. The molecule has 1 atom stereocenters. The standard InChI is InChI=1S/C19H31N3O/c1-15-7-6-12-22(13-15)18(20-4)21-14-19(2,3)16-8-10-17(23-5)11-9-16/h8-11,15H,6-7,12-14H2,1-5H3,(H,20,21). The number of ether oxygens (including phenoxy) is 1. The van der Waals surface area contributed by atoms with E-state index in [1.54, 1.807) is 7.11 Å². The van der Waals surface area contributed by atoms with Gasteiger partial charge in [-0.05, 0) is 36.5 Å². The lowest BCUT2D eigenvalue weighted by molar-refractivity contribution is 0.264. The Morgan fingerprint density at radius 1 is 1.35 bits per heavy atom. The Hall–Kier alpha value is -1.71. The maximum atomic E-state index is 5.25. The van der Waals surface area contributed by atoms with Crippen molar-refractivity contribution in [1.82, 2.24) is 10.2 Å². The SMILES string of the molecule is CN=C(NCC(C)(C)c1ccc(OC)cc1)N1CCCC(C)C1. The lowest BCUT2D eigenvalue weighted by Crippen LogP contribution is -2.49. The van der Waals surface area contributed by atoms with Crippen molar-refractivity contribution >= 4 is 5.96 Å². The number of hydrogen-bond donors (Lipinski definition) is 1. The summed E-state index contributed by atoms with van der Waals surface area (Å²) < 4.78 is 5.25. The molecule has 23 heavy (non-hydrogen) atoms. The van der Waals surface area contributed by atoms with E-state index in [0.29, 0.717) is 0 Å². The molecule has 128 valence electrons. The minimum atomic E-state index is 0.0314. The van der Waals surface area contributed by atoms with Crippen LogP contribution >= 0.6 is 0 Å². The van der Waals surface area contributed by atoms with Crippen LogP contribution in [0.25, 0.3) is 0 Å². The highest BCUT2D eigenvalue weighted by Crippen LogP contribution is 2.25. The summed E-state index contributed by atoms with van der Waals surface area (Å²) in [5, 5.41) is 3.57. The second kappa shape index (κ2) is 7.71. The van der Waals surface area contributed by atoms with E-state index < -0.39 is 0 Å². The average molecular weight is 317 g/mol. The molecule has 0 amide bonds. The molecule has 0 aliphatic carbocycles. The fraction of sp³-hybridized carbons (Fsp3) is 0.632. The first kappa shape index (κ1) is 17.6. The van der Waals surface area contributed by atoms with Crippen molar-refractivity contribution in [2.75, 3.05) is 33.8 Å². The summed E-state index contributed by atoms with van der Waals surface area (Å²) in [6, 6.07) is 8.34. The predicted octanol–water partition coefficient (Wildman–Crippen LogP) is 3.28. The highest BCUT2D eigenvalue weighted by Gasteiger charge is 2.24. The number of benzene rings is 1. The first-order valence-corrected chi connectivity index (χ1v) is 8.56. The molecule has 2 rings (SSSR count). The molecule has 1 heterocycles. The molecule has 0 saturated carbocycles. The van der Waals surface area contributed by atoms with E-state index in [4.69, 9.17) is 4.74 Å². The van der Waals surface area contributed by atoms with Crippen molar-refractivity contribution in [3.8, 4) is 5.75 Å². The van der Waals surface area contributed by atoms with Crippen molar-refractivity contribution in [3.05, 3.63) is 29.8 Å². The molecule has 1 aromatic carbocycles. The van der Waals surface area contributed by atoms with E-state index in [0.717, 1.165) is 37.3 Å². The molecule has 1 unspecified atom stereocenters. The van der Waals surface area contributed by atoms with Crippen LogP contribution in [0, 0.1) is 5.92 Å². The van der Waals surface area contributed by atoms with E-state index in [9.17, 15) is 0 Å². The van der Waals surface area contributed by atoms with Gasteiger partial charge >= 0.3 is 0 Å². The smallest absolute Gasteiger partial charge is 0.193 e. The molecular weight excluding hydrogens is 286 g/mol. The van der Waals surface area contributed by atoms with Crippen LogP contribution in [0.2, 0.25) is 0 Å². The van der Waals surface area contributed by atoms with Gasteiger partial charge in [0.05, 0.1) is 7.11 Å². The number of rotatable bonds is 4. The summed E-state index contributed by atoms with van der Waals surface area (Å²) in [6.45, 7) is 9.90. The molecule has 1 saturated heterocycles. The number of hydrogen-bond acceptors (Lipinski definition) is 2. The third-order valence-corrected chi connectivity index (χ3v) is 4.73. The highest BCUT2D eigenvalue weighted by atomic mass is 16.5. The molecule has 1 aromatic rings. The Labute approximate surface area is 140 Å². The quantitative estimate of drug-likeness (QED) is 0.684. The van der Waals surface area contributed by atoms with Crippen molar-refractivity contribution in [3.63, 3.8) is 0 Å². The minimum absolute atomic E-state index is 0.0314. The van der Waals surface area contributed by atoms with Crippen LogP contribution in [-0.4, -0.2) is 44.7 Å². The van der Waals surface area contributed by atoms with Gasteiger partial charge in [-0.3, -0.25) is 4.99 Å². The minimum Gasteiger partial charge on any atom is -0.497 e. The van der Waals surface area contributed by atoms with Crippen molar-refractivity contribution in [1.29, 1.82) is 0 Å². The van der Waals surface area contributed by atoms with E-state index in [1.165, 1.54) is 18.4 Å². The van der Waals surface area contributed by atoms with Gasteiger partial charge in [0.2, 0.25) is 0 Å². The molecule has 0 aromatic heterocycles. The number of nitrogens with one attached hydrogen (secondary N) is 1. The normalized spacial score (nSPS) is 19.6. The number of piperidine rings is 1. The van der Waals surface area contributed by atoms with E-state index in [-0.39, 0.29) is 5.41 Å². The molecular formula is C19H31N3O. The Bertz CT molecular complexity index is 522. The first-order chi connectivity index (χ1) is 11.0. The number of likely N-dealkylation sites (tertiary alicyclic amines) is 1. The van der Waals surface area contributed by atoms with Crippen LogP contribution < -0.4 is 10.1 Å². The van der Waals surface area contributed by atoms with Gasteiger partial charge in [0.1, 0.15) is 5.75 Å².